The summed E-state index contributed by atoms with van der Waals surface area (Å²) in [5, 5.41) is 4.05. The molecule has 1 aromatic heterocycles. The first-order valence-corrected chi connectivity index (χ1v) is 4.47. The molecule has 0 aliphatic carbocycles. The second-order valence-corrected chi connectivity index (χ2v) is 2.92. The van der Waals surface area contributed by atoms with Crippen LogP contribution in [0.2, 0.25) is 0 Å². The van der Waals surface area contributed by atoms with E-state index in [9.17, 15) is 0 Å². The molecular formula is C7H7N3S+. The van der Waals surface area contributed by atoms with Crippen LogP contribution >= 0.6 is 11.8 Å². The third-order valence-corrected chi connectivity index (χ3v) is 2.01. The Morgan fingerprint density at radius 1 is 1.64 bits per heavy atom. The molecule has 2 rings (SSSR count). The lowest BCUT2D eigenvalue weighted by atomic mass is 10.4. The minimum Gasteiger partial charge on any atom is -0.259 e. The Balaban J connectivity index is 2.39. The lowest BCUT2D eigenvalue weighted by molar-refractivity contribution is 1.24. The Bertz CT molecular complexity index is 308. The summed E-state index contributed by atoms with van der Waals surface area (Å²) in [5.41, 5.74) is 0.997. The normalized spacial score (nSPS) is 13.7. The second-order valence-electron chi connectivity index (χ2n) is 2.12. The van der Waals surface area contributed by atoms with Gasteiger partial charge in [-0.1, -0.05) is 16.8 Å². The first-order chi connectivity index (χ1) is 5.40. The number of anilines is 1. The predicted molar refractivity (Wildman–Crippen MR) is 48.2 cm³/mol. The van der Waals surface area contributed by atoms with Crippen molar-refractivity contribution in [2.45, 2.75) is 0 Å². The quantitative estimate of drug-likeness (QED) is 0.627. The zero-order valence-electron chi connectivity index (χ0n) is 6.03. The molecule has 0 saturated carbocycles. The number of nitrogens with zero attached hydrogens (tertiary/aromatic N) is 2. The number of aliphatic imine (C=N–C) groups is 1. The summed E-state index contributed by atoms with van der Waals surface area (Å²) in [7, 11) is 0. The molecule has 0 unspecified atom stereocenters. The van der Waals surface area contributed by atoms with Crippen LogP contribution in [0.1, 0.15) is 0 Å². The molecule has 4 heteroatoms. The number of thioether (sulfide) groups is 1. The van der Waals surface area contributed by atoms with E-state index < -0.39 is 0 Å². The molecule has 3 nitrogen and oxygen atoms in total. The Hall–Kier alpha value is -1.03. The first kappa shape index (κ1) is 6.67. The average molecular weight is 165 g/mol. The lowest BCUT2D eigenvalue weighted by Gasteiger charge is -1.87. The topological polar surface area (TPSA) is 39.0 Å². The number of pyridine rings is 1. The van der Waals surface area contributed by atoms with Crippen molar-refractivity contribution in [2.75, 3.05) is 11.6 Å². The third-order valence-electron chi connectivity index (χ3n) is 1.43. The van der Waals surface area contributed by atoms with Crippen LogP contribution < -0.4 is 10.3 Å². The van der Waals surface area contributed by atoms with Crippen molar-refractivity contribution in [1.82, 2.24) is 9.98 Å². The highest BCUT2D eigenvalue weighted by molar-refractivity contribution is 8.13. The van der Waals surface area contributed by atoms with Gasteiger partial charge >= 0.3 is 5.82 Å². The highest BCUT2D eigenvalue weighted by Crippen LogP contribution is 2.22. The molecular weight excluding hydrogens is 158 g/mol. The minimum atomic E-state index is 0.789. The number of amidine groups is 1. The van der Waals surface area contributed by atoms with Crippen molar-refractivity contribution in [3.63, 3.8) is 0 Å². The summed E-state index contributed by atoms with van der Waals surface area (Å²) in [6.45, 7) is 0. The summed E-state index contributed by atoms with van der Waals surface area (Å²) in [6.07, 6.45) is 3.73. The molecule has 0 bridgehead atoms. The van der Waals surface area contributed by atoms with Gasteiger partial charge in [0.2, 0.25) is 0 Å². The summed E-state index contributed by atoms with van der Waals surface area (Å²) >= 11 is 1.59. The molecule has 1 radical (unpaired) electrons. The second kappa shape index (κ2) is 2.54. The molecule has 2 heterocycles. The zero-order valence-corrected chi connectivity index (χ0v) is 6.85. The number of hydrogen-bond donors (Lipinski definition) is 1. The molecule has 0 spiro atoms. The average Bonchev–Trinajstić information content (AvgIpc) is 2.46. The number of rotatable bonds is 0. The molecule has 0 aromatic carbocycles. The molecule has 1 N–H and O–H groups in total. The standard InChI is InChI=1S/C7H7N3S/c1-11-7-9-5-3-2-4-8-6(5)10-7/h2-4,9H,1H3/q+1. The lowest BCUT2D eigenvalue weighted by Crippen LogP contribution is -2.03. The van der Waals surface area contributed by atoms with Crippen molar-refractivity contribution >= 4 is 28.4 Å². The van der Waals surface area contributed by atoms with Gasteiger partial charge in [0.1, 0.15) is 6.20 Å². The Labute approximate surface area is 68.9 Å². The van der Waals surface area contributed by atoms with Crippen LogP contribution in [-0.2, 0) is 0 Å². The maximum absolute atomic E-state index is 4.23. The monoisotopic (exact) mass is 165 g/mol. The number of nitrogens with one attached hydrogen (secondary N) is 1. The Morgan fingerprint density at radius 3 is 3.27 bits per heavy atom. The van der Waals surface area contributed by atoms with Gasteiger partial charge in [-0.15, -0.1) is 4.98 Å². The number of fused-ring (bicyclic) bond motifs is 1. The SMILES string of the molecule is CSC1=[N+]c2ncccc2N1. The largest absolute Gasteiger partial charge is 0.337 e. The molecule has 1 aliphatic heterocycles. The first-order valence-electron chi connectivity index (χ1n) is 3.25. The fourth-order valence-corrected chi connectivity index (χ4v) is 1.31. The fraction of sp³-hybridized carbons (Fsp3) is 0.143. The predicted octanol–water partition coefficient (Wildman–Crippen LogP) is 1.19. The van der Waals surface area contributed by atoms with Crippen LogP contribution in [0.25, 0.3) is 0 Å². The summed E-state index contributed by atoms with van der Waals surface area (Å²) in [4.78, 5) is 8.32. The van der Waals surface area contributed by atoms with Gasteiger partial charge in [-0.2, -0.15) is 0 Å². The summed E-state index contributed by atoms with van der Waals surface area (Å²) < 4.78 is 0. The molecule has 11 heavy (non-hydrogen) atoms. The van der Waals surface area contributed by atoms with Crippen molar-refractivity contribution in [2.24, 2.45) is 0 Å². The summed E-state index contributed by atoms with van der Waals surface area (Å²) in [5.74, 6) is 0.789. The zero-order chi connectivity index (χ0) is 7.68. The minimum absolute atomic E-state index is 0.789. The third kappa shape index (κ3) is 1.09. The smallest absolute Gasteiger partial charge is 0.259 e. The van der Waals surface area contributed by atoms with Gasteiger partial charge < -0.3 is 0 Å². The Morgan fingerprint density at radius 2 is 2.55 bits per heavy atom. The molecule has 0 atom stereocenters. The summed E-state index contributed by atoms with van der Waals surface area (Å²) in [6, 6.07) is 3.86. The van der Waals surface area contributed by atoms with Crippen LogP contribution in [0.4, 0.5) is 11.5 Å². The molecule has 0 saturated heterocycles. The fourth-order valence-electron chi connectivity index (χ4n) is 0.920. The number of hydrogen-bond acceptors (Lipinski definition) is 4. The number of aromatic nitrogens is 1. The maximum atomic E-state index is 4.23. The highest BCUT2D eigenvalue weighted by Gasteiger charge is 2.22. The van der Waals surface area contributed by atoms with E-state index in [1.165, 1.54) is 0 Å². The van der Waals surface area contributed by atoms with Crippen LogP contribution in [0.5, 0.6) is 0 Å². The molecule has 1 aliphatic rings. The van der Waals surface area contributed by atoms with Gasteiger partial charge in [0.05, 0.1) is 0 Å². The van der Waals surface area contributed by atoms with Crippen molar-refractivity contribution in [3.8, 4) is 0 Å². The van der Waals surface area contributed by atoms with Crippen molar-refractivity contribution < 1.29 is 0 Å². The van der Waals surface area contributed by atoms with E-state index in [1.807, 2.05) is 18.4 Å². The van der Waals surface area contributed by atoms with Gasteiger partial charge in [-0.3, -0.25) is 5.32 Å². The van der Waals surface area contributed by atoms with E-state index in [1.54, 1.807) is 18.0 Å². The highest BCUT2D eigenvalue weighted by atomic mass is 32.2. The van der Waals surface area contributed by atoms with E-state index in [2.05, 4.69) is 15.3 Å². The molecule has 0 amide bonds. The van der Waals surface area contributed by atoms with Gasteiger partial charge in [0.25, 0.3) is 5.17 Å². The van der Waals surface area contributed by atoms with Crippen LogP contribution in [-0.4, -0.2) is 16.4 Å². The Kier molecular flexibility index (Phi) is 1.54. The van der Waals surface area contributed by atoms with Crippen LogP contribution in [0.3, 0.4) is 0 Å². The van der Waals surface area contributed by atoms with E-state index in [0.29, 0.717) is 0 Å². The van der Waals surface area contributed by atoms with Gasteiger partial charge in [-0.25, -0.2) is 0 Å². The van der Waals surface area contributed by atoms with Gasteiger partial charge in [0, 0.05) is 0 Å². The van der Waals surface area contributed by atoms with Gasteiger partial charge in [-0.05, 0) is 18.4 Å². The van der Waals surface area contributed by atoms with Crippen LogP contribution in [0.15, 0.2) is 18.3 Å². The van der Waals surface area contributed by atoms with Crippen molar-refractivity contribution in [3.05, 3.63) is 18.3 Å². The van der Waals surface area contributed by atoms with E-state index in [-0.39, 0.29) is 0 Å². The van der Waals surface area contributed by atoms with E-state index in [4.69, 9.17) is 0 Å². The van der Waals surface area contributed by atoms with Gasteiger partial charge in [0.15, 0.2) is 5.69 Å². The molecule has 1 aromatic rings. The van der Waals surface area contributed by atoms with Crippen LogP contribution in [0, 0.1) is 0 Å². The molecule has 0 fully saturated rings. The van der Waals surface area contributed by atoms with E-state index in [0.717, 1.165) is 16.7 Å². The molecule has 55 valence electrons. The van der Waals surface area contributed by atoms with E-state index >= 15 is 0 Å². The van der Waals surface area contributed by atoms with Crippen molar-refractivity contribution in [1.29, 1.82) is 0 Å². The maximum Gasteiger partial charge on any atom is 0.337 e.